The molecular weight excluding hydrogens is 318 g/mol. The Labute approximate surface area is 137 Å². The molecule has 0 saturated heterocycles. The quantitative estimate of drug-likeness (QED) is 0.864. The first-order valence-corrected chi connectivity index (χ1v) is 7.57. The summed E-state index contributed by atoms with van der Waals surface area (Å²) in [7, 11) is 1.48. The highest BCUT2D eigenvalue weighted by atomic mass is 32.1. The van der Waals surface area contributed by atoms with Crippen molar-refractivity contribution in [3.8, 4) is 5.88 Å². The van der Waals surface area contributed by atoms with Gasteiger partial charge < -0.3 is 14.8 Å². The SMILES string of the molecule is COc1cc(C(=O)Nc2ccnc(C(=O)OC(C)(C)C)c2)sn1. The number of carbonyl (C=O) groups excluding carboxylic acids is 2. The minimum Gasteiger partial charge on any atom is -0.480 e. The Balaban J connectivity index is 2.10. The van der Waals surface area contributed by atoms with Gasteiger partial charge in [-0.3, -0.25) is 4.79 Å². The van der Waals surface area contributed by atoms with Crippen molar-refractivity contribution < 1.29 is 19.1 Å². The average Bonchev–Trinajstić information content (AvgIpc) is 2.95. The second-order valence-electron chi connectivity index (χ2n) is 5.62. The van der Waals surface area contributed by atoms with E-state index in [0.717, 1.165) is 11.5 Å². The van der Waals surface area contributed by atoms with E-state index in [-0.39, 0.29) is 11.6 Å². The summed E-state index contributed by atoms with van der Waals surface area (Å²) in [5, 5.41) is 2.68. The Hall–Kier alpha value is -2.48. The average molecular weight is 335 g/mol. The molecule has 0 spiro atoms. The highest BCUT2D eigenvalue weighted by Crippen LogP contribution is 2.19. The van der Waals surface area contributed by atoms with Gasteiger partial charge in [-0.15, -0.1) is 0 Å². The van der Waals surface area contributed by atoms with Gasteiger partial charge in [-0.2, -0.15) is 4.37 Å². The topological polar surface area (TPSA) is 90.4 Å². The third-order valence-corrected chi connectivity index (χ3v) is 3.32. The van der Waals surface area contributed by atoms with Crippen molar-refractivity contribution >= 4 is 29.1 Å². The van der Waals surface area contributed by atoms with E-state index in [0.29, 0.717) is 16.4 Å². The van der Waals surface area contributed by atoms with Crippen molar-refractivity contribution in [2.24, 2.45) is 0 Å². The number of pyridine rings is 1. The number of anilines is 1. The number of esters is 1. The molecular formula is C15H17N3O4S. The lowest BCUT2D eigenvalue weighted by molar-refractivity contribution is 0.00627. The number of aromatic nitrogens is 2. The molecule has 0 saturated carbocycles. The number of methoxy groups -OCH3 is 1. The molecule has 0 aromatic carbocycles. The van der Waals surface area contributed by atoms with Crippen LogP contribution in [-0.4, -0.2) is 33.9 Å². The summed E-state index contributed by atoms with van der Waals surface area (Å²) in [6.45, 7) is 5.31. The zero-order valence-corrected chi connectivity index (χ0v) is 14.1. The normalized spacial score (nSPS) is 11.0. The van der Waals surface area contributed by atoms with Gasteiger partial charge in [0.05, 0.1) is 7.11 Å². The number of nitrogens with zero attached hydrogens (tertiary/aromatic N) is 2. The maximum absolute atomic E-state index is 12.1. The zero-order chi connectivity index (χ0) is 17.0. The summed E-state index contributed by atoms with van der Waals surface area (Å²) in [6, 6.07) is 4.59. The Morgan fingerprint density at radius 1 is 1.26 bits per heavy atom. The molecule has 1 amide bonds. The van der Waals surface area contributed by atoms with E-state index < -0.39 is 11.6 Å². The van der Waals surface area contributed by atoms with E-state index in [2.05, 4.69) is 14.7 Å². The minimum atomic E-state index is -0.614. The second-order valence-corrected chi connectivity index (χ2v) is 6.42. The Morgan fingerprint density at radius 3 is 2.61 bits per heavy atom. The highest BCUT2D eigenvalue weighted by Gasteiger charge is 2.19. The number of amides is 1. The van der Waals surface area contributed by atoms with Gasteiger partial charge in [-0.05, 0) is 44.4 Å². The van der Waals surface area contributed by atoms with E-state index in [1.54, 1.807) is 26.8 Å². The Morgan fingerprint density at radius 2 is 2.00 bits per heavy atom. The number of rotatable bonds is 4. The van der Waals surface area contributed by atoms with Crippen LogP contribution in [0.15, 0.2) is 24.4 Å². The number of ether oxygens (including phenoxy) is 2. The second kappa shape index (κ2) is 6.74. The monoisotopic (exact) mass is 335 g/mol. The summed E-state index contributed by atoms with van der Waals surface area (Å²) in [5.41, 5.74) is -0.0464. The molecule has 23 heavy (non-hydrogen) atoms. The molecule has 2 aromatic heterocycles. The van der Waals surface area contributed by atoms with E-state index in [1.165, 1.54) is 25.4 Å². The predicted molar refractivity (Wildman–Crippen MR) is 86.0 cm³/mol. The lowest BCUT2D eigenvalue weighted by Gasteiger charge is -2.19. The van der Waals surface area contributed by atoms with Crippen LogP contribution in [0.4, 0.5) is 5.69 Å². The summed E-state index contributed by atoms with van der Waals surface area (Å²) < 4.78 is 14.1. The van der Waals surface area contributed by atoms with Gasteiger partial charge in [0.1, 0.15) is 16.2 Å². The van der Waals surface area contributed by atoms with Gasteiger partial charge in [-0.1, -0.05) is 0 Å². The van der Waals surface area contributed by atoms with Crippen LogP contribution < -0.4 is 10.1 Å². The lowest BCUT2D eigenvalue weighted by atomic mass is 10.2. The van der Waals surface area contributed by atoms with E-state index in [9.17, 15) is 9.59 Å². The van der Waals surface area contributed by atoms with Gasteiger partial charge in [0.2, 0.25) is 5.88 Å². The maximum Gasteiger partial charge on any atom is 0.357 e. The third kappa shape index (κ3) is 4.75. The van der Waals surface area contributed by atoms with Crippen molar-refractivity contribution in [3.05, 3.63) is 35.0 Å². The lowest BCUT2D eigenvalue weighted by Crippen LogP contribution is -2.24. The molecule has 0 radical (unpaired) electrons. The van der Waals surface area contributed by atoms with Crippen molar-refractivity contribution in [3.63, 3.8) is 0 Å². The molecule has 2 rings (SSSR count). The number of carbonyl (C=O) groups is 2. The molecule has 0 fully saturated rings. The molecule has 0 unspecified atom stereocenters. The predicted octanol–water partition coefficient (Wildman–Crippen LogP) is 2.75. The van der Waals surface area contributed by atoms with E-state index in [4.69, 9.17) is 9.47 Å². The van der Waals surface area contributed by atoms with Crippen molar-refractivity contribution in [1.82, 2.24) is 9.36 Å². The third-order valence-electron chi connectivity index (χ3n) is 2.55. The zero-order valence-electron chi connectivity index (χ0n) is 13.2. The van der Waals surface area contributed by atoms with E-state index >= 15 is 0 Å². The van der Waals surface area contributed by atoms with Gasteiger partial charge in [0.25, 0.3) is 5.91 Å². The summed E-state index contributed by atoms with van der Waals surface area (Å²) in [5.74, 6) is -0.510. The molecule has 2 aromatic rings. The molecule has 0 aliphatic heterocycles. The largest absolute Gasteiger partial charge is 0.480 e. The van der Waals surface area contributed by atoms with Crippen molar-refractivity contribution in [2.45, 2.75) is 26.4 Å². The van der Waals surface area contributed by atoms with Gasteiger partial charge in [0.15, 0.2) is 0 Å². The molecule has 0 aliphatic rings. The van der Waals surface area contributed by atoms with Crippen molar-refractivity contribution in [1.29, 1.82) is 0 Å². The van der Waals surface area contributed by atoms with Crippen LogP contribution in [0, 0.1) is 0 Å². The van der Waals surface area contributed by atoms with Crippen molar-refractivity contribution in [2.75, 3.05) is 12.4 Å². The molecule has 7 nitrogen and oxygen atoms in total. The van der Waals surface area contributed by atoms with Crippen LogP contribution in [0.1, 0.15) is 40.9 Å². The first kappa shape index (κ1) is 16.9. The minimum absolute atomic E-state index is 0.125. The van der Waals surface area contributed by atoms with Crippen LogP contribution in [0.3, 0.4) is 0 Å². The molecule has 2 heterocycles. The molecule has 0 bridgehead atoms. The van der Waals surface area contributed by atoms with Crippen LogP contribution in [0.2, 0.25) is 0 Å². The van der Waals surface area contributed by atoms with Crippen LogP contribution >= 0.6 is 11.5 Å². The first-order chi connectivity index (χ1) is 10.8. The van der Waals surface area contributed by atoms with Crippen LogP contribution in [0.5, 0.6) is 5.88 Å². The smallest absolute Gasteiger partial charge is 0.357 e. The number of hydrogen-bond acceptors (Lipinski definition) is 7. The standard InChI is InChI=1S/C15H17N3O4S/c1-15(2,3)22-14(20)10-7-9(5-6-16-10)17-13(19)11-8-12(21-4)18-23-11/h5-8H,1-4H3,(H,16,17,19). The van der Waals surface area contributed by atoms with Crippen LogP contribution in [0.25, 0.3) is 0 Å². The Kier molecular flexibility index (Phi) is 4.95. The van der Waals surface area contributed by atoms with E-state index in [1.807, 2.05) is 0 Å². The number of nitrogens with one attached hydrogen (secondary N) is 1. The maximum atomic E-state index is 12.1. The molecule has 1 N–H and O–H groups in total. The molecule has 122 valence electrons. The summed E-state index contributed by atoms with van der Waals surface area (Å²) >= 11 is 1.03. The molecule has 0 atom stereocenters. The molecule has 8 heteroatoms. The fourth-order valence-corrected chi connectivity index (χ4v) is 2.21. The first-order valence-electron chi connectivity index (χ1n) is 6.80. The van der Waals surface area contributed by atoms with Gasteiger partial charge >= 0.3 is 5.97 Å². The summed E-state index contributed by atoms with van der Waals surface area (Å²) in [4.78, 5) is 28.5. The fraction of sp³-hybridized carbons (Fsp3) is 0.333. The summed E-state index contributed by atoms with van der Waals surface area (Å²) in [6.07, 6.45) is 1.43. The molecule has 0 aliphatic carbocycles. The van der Waals surface area contributed by atoms with Gasteiger partial charge in [0, 0.05) is 18.0 Å². The van der Waals surface area contributed by atoms with Crippen LogP contribution in [-0.2, 0) is 4.74 Å². The Bertz CT molecular complexity index is 722. The van der Waals surface area contributed by atoms with Gasteiger partial charge in [-0.25, -0.2) is 9.78 Å². The highest BCUT2D eigenvalue weighted by molar-refractivity contribution is 7.08. The number of hydrogen-bond donors (Lipinski definition) is 1. The fourth-order valence-electron chi connectivity index (χ4n) is 1.61.